The van der Waals surface area contributed by atoms with E-state index in [9.17, 15) is 5.11 Å². The standard InChI is InChI=1S/C14H13BrO/c15-14-9-5-4-8-12(14)13(10-16)11-6-2-1-3-7-11/h1-9,13,16H,10H2. The molecule has 0 fully saturated rings. The molecule has 0 aliphatic heterocycles. The number of halogens is 1. The molecule has 2 heteroatoms. The minimum Gasteiger partial charge on any atom is -0.395 e. The highest BCUT2D eigenvalue weighted by Crippen LogP contribution is 2.29. The maximum Gasteiger partial charge on any atom is 0.0540 e. The van der Waals surface area contributed by atoms with Gasteiger partial charge in [0.25, 0.3) is 0 Å². The maximum atomic E-state index is 9.54. The molecule has 0 amide bonds. The number of aliphatic hydroxyl groups is 1. The Balaban J connectivity index is 2.41. The van der Waals surface area contributed by atoms with Crippen molar-refractivity contribution in [3.8, 4) is 0 Å². The average molecular weight is 277 g/mol. The van der Waals surface area contributed by atoms with E-state index in [4.69, 9.17) is 0 Å². The Bertz CT molecular complexity index is 453. The molecule has 0 spiro atoms. The average Bonchev–Trinajstić information content (AvgIpc) is 2.34. The van der Waals surface area contributed by atoms with Gasteiger partial charge in [0, 0.05) is 10.4 Å². The minimum absolute atomic E-state index is 0.0387. The van der Waals surface area contributed by atoms with E-state index in [1.807, 2.05) is 54.6 Å². The third-order valence-corrected chi connectivity index (χ3v) is 3.39. The first-order chi connectivity index (χ1) is 7.83. The molecule has 1 unspecified atom stereocenters. The zero-order valence-electron chi connectivity index (χ0n) is 8.81. The lowest BCUT2D eigenvalue weighted by Crippen LogP contribution is -2.06. The van der Waals surface area contributed by atoms with Gasteiger partial charge in [-0.3, -0.25) is 0 Å². The number of hydrogen-bond acceptors (Lipinski definition) is 1. The van der Waals surface area contributed by atoms with Crippen LogP contribution in [0, 0.1) is 0 Å². The fraction of sp³-hybridized carbons (Fsp3) is 0.143. The number of rotatable bonds is 3. The Morgan fingerprint density at radius 1 is 0.938 bits per heavy atom. The van der Waals surface area contributed by atoms with Gasteiger partial charge in [0.05, 0.1) is 6.61 Å². The van der Waals surface area contributed by atoms with Crippen molar-refractivity contribution in [2.75, 3.05) is 6.61 Å². The highest BCUT2D eigenvalue weighted by atomic mass is 79.9. The molecule has 2 rings (SSSR count). The van der Waals surface area contributed by atoms with Crippen molar-refractivity contribution in [1.82, 2.24) is 0 Å². The molecule has 82 valence electrons. The Morgan fingerprint density at radius 3 is 2.19 bits per heavy atom. The molecule has 0 saturated carbocycles. The molecule has 0 radical (unpaired) electrons. The van der Waals surface area contributed by atoms with Crippen LogP contribution in [-0.2, 0) is 0 Å². The van der Waals surface area contributed by atoms with Crippen LogP contribution < -0.4 is 0 Å². The van der Waals surface area contributed by atoms with Gasteiger partial charge in [-0.2, -0.15) is 0 Å². The molecule has 2 aromatic rings. The van der Waals surface area contributed by atoms with Gasteiger partial charge in [0.2, 0.25) is 0 Å². The Kier molecular flexibility index (Phi) is 3.75. The van der Waals surface area contributed by atoms with Crippen LogP contribution in [0.25, 0.3) is 0 Å². The molecular weight excluding hydrogens is 264 g/mol. The molecule has 0 bridgehead atoms. The fourth-order valence-corrected chi connectivity index (χ4v) is 2.39. The van der Waals surface area contributed by atoms with E-state index >= 15 is 0 Å². The predicted octanol–water partition coefficient (Wildman–Crippen LogP) is 3.57. The molecule has 0 heterocycles. The first kappa shape index (κ1) is 11.4. The molecule has 1 N–H and O–H groups in total. The van der Waals surface area contributed by atoms with Gasteiger partial charge in [-0.15, -0.1) is 0 Å². The van der Waals surface area contributed by atoms with Gasteiger partial charge in [-0.05, 0) is 17.2 Å². The second-order valence-corrected chi connectivity index (χ2v) is 4.52. The first-order valence-electron chi connectivity index (χ1n) is 5.23. The van der Waals surface area contributed by atoms with Gasteiger partial charge < -0.3 is 5.11 Å². The summed E-state index contributed by atoms with van der Waals surface area (Å²) in [5.74, 6) is 0.0387. The highest BCUT2D eigenvalue weighted by molar-refractivity contribution is 9.10. The first-order valence-corrected chi connectivity index (χ1v) is 6.02. The summed E-state index contributed by atoms with van der Waals surface area (Å²) in [6.07, 6.45) is 0. The lowest BCUT2D eigenvalue weighted by atomic mass is 9.92. The van der Waals surface area contributed by atoms with Crippen molar-refractivity contribution in [1.29, 1.82) is 0 Å². The molecule has 0 aliphatic rings. The van der Waals surface area contributed by atoms with Crippen molar-refractivity contribution in [2.24, 2.45) is 0 Å². The zero-order valence-corrected chi connectivity index (χ0v) is 10.4. The van der Waals surface area contributed by atoms with Crippen LogP contribution in [0.4, 0.5) is 0 Å². The number of benzene rings is 2. The monoisotopic (exact) mass is 276 g/mol. The molecule has 1 nitrogen and oxygen atoms in total. The lowest BCUT2D eigenvalue weighted by molar-refractivity contribution is 0.280. The van der Waals surface area contributed by atoms with E-state index in [2.05, 4.69) is 15.9 Å². The van der Waals surface area contributed by atoms with E-state index < -0.39 is 0 Å². The van der Waals surface area contributed by atoms with E-state index in [-0.39, 0.29) is 12.5 Å². The predicted molar refractivity (Wildman–Crippen MR) is 69.5 cm³/mol. The zero-order chi connectivity index (χ0) is 11.4. The number of aliphatic hydroxyl groups excluding tert-OH is 1. The van der Waals surface area contributed by atoms with Gasteiger partial charge >= 0.3 is 0 Å². The third kappa shape index (κ3) is 2.34. The normalized spacial score (nSPS) is 12.4. The second kappa shape index (κ2) is 5.28. The molecule has 0 aliphatic carbocycles. The second-order valence-electron chi connectivity index (χ2n) is 3.67. The molecular formula is C14H13BrO. The molecule has 16 heavy (non-hydrogen) atoms. The summed E-state index contributed by atoms with van der Waals surface area (Å²) < 4.78 is 1.04. The topological polar surface area (TPSA) is 20.2 Å². The van der Waals surface area contributed by atoms with Crippen molar-refractivity contribution in [3.05, 3.63) is 70.2 Å². The van der Waals surface area contributed by atoms with Crippen LogP contribution in [0.15, 0.2) is 59.1 Å². The van der Waals surface area contributed by atoms with Gasteiger partial charge in [0.15, 0.2) is 0 Å². The van der Waals surface area contributed by atoms with Crippen molar-refractivity contribution < 1.29 is 5.11 Å². The Morgan fingerprint density at radius 2 is 1.56 bits per heavy atom. The molecule has 2 aromatic carbocycles. The largest absolute Gasteiger partial charge is 0.395 e. The van der Waals surface area contributed by atoms with Gasteiger partial charge in [-0.1, -0.05) is 64.5 Å². The summed E-state index contributed by atoms with van der Waals surface area (Å²) >= 11 is 3.52. The van der Waals surface area contributed by atoms with E-state index in [1.165, 1.54) is 0 Å². The van der Waals surface area contributed by atoms with Crippen LogP contribution in [0.3, 0.4) is 0 Å². The minimum atomic E-state index is 0.0387. The Labute approximate surface area is 104 Å². The summed E-state index contributed by atoms with van der Waals surface area (Å²) in [7, 11) is 0. The van der Waals surface area contributed by atoms with Gasteiger partial charge in [-0.25, -0.2) is 0 Å². The highest BCUT2D eigenvalue weighted by Gasteiger charge is 2.14. The third-order valence-electron chi connectivity index (χ3n) is 2.67. The lowest BCUT2D eigenvalue weighted by Gasteiger charge is -2.16. The van der Waals surface area contributed by atoms with E-state index in [0.29, 0.717) is 0 Å². The van der Waals surface area contributed by atoms with Gasteiger partial charge in [0.1, 0.15) is 0 Å². The van der Waals surface area contributed by atoms with Crippen LogP contribution in [0.5, 0.6) is 0 Å². The fourth-order valence-electron chi connectivity index (χ4n) is 1.83. The summed E-state index contributed by atoms with van der Waals surface area (Å²) in [6, 6.07) is 18.1. The van der Waals surface area contributed by atoms with Crippen molar-refractivity contribution >= 4 is 15.9 Å². The summed E-state index contributed by atoms with van der Waals surface area (Å²) in [5, 5.41) is 9.54. The van der Waals surface area contributed by atoms with E-state index in [1.54, 1.807) is 0 Å². The smallest absolute Gasteiger partial charge is 0.0540 e. The van der Waals surface area contributed by atoms with Crippen LogP contribution >= 0.6 is 15.9 Å². The van der Waals surface area contributed by atoms with Crippen LogP contribution in [0.2, 0.25) is 0 Å². The van der Waals surface area contributed by atoms with Crippen LogP contribution in [-0.4, -0.2) is 11.7 Å². The Hall–Kier alpha value is -1.12. The SMILES string of the molecule is OCC(c1ccccc1)c1ccccc1Br. The van der Waals surface area contributed by atoms with Crippen LogP contribution in [0.1, 0.15) is 17.0 Å². The maximum absolute atomic E-state index is 9.54. The van der Waals surface area contributed by atoms with Crippen molar-refractivity contribution in [2.45, 2.75) is 5.92 Å². The molecule has 0 saturated heterocycles. The molecule has 1 atom stereocenters. The summed E-state index contributed by atoms with van der Waals surface area (Å²) in [6.45, 7) is 0.118. The van der Waals surface area contributed by atoms with Crippen molar-refractivity contribution in [3.63, 3.8) is 0 Å². The molecule has 0 aromatic heterocycles. The number of hydrogen-bond donors (Lipinski definition) is 1. The quantitative estimate of drug-likeness (QED) is 0.909. The summed E-state index contributed by atoms with van der Waals surface area (Å²) in [4.78, 5) is 0. The summed E-state index contributed by atoms with van der Waals surface area (Å²) in [5.41, 5.74) is 2.26. The van der Waals surface area contributed by atoms with E-state index in [0.717, 1.165) is 15.6 Å².